The monoisotopic (exact) mass is 409 g/mol. The Kier molecular flexibility index (Phi) is 4.09. The molecule has 29 heavy (non-hydrogen) atoms. The predicted octanol–water partition coefficient (Wildman–Crippen LogP) is 5.02. The number of ether oxygens (including phenoxy) is 1. The molecular weight excluding hydrogens is 382 g/mol. The van der Waals surface area contributed by atoms with Crippen molar-refractivity contribution in [3.8, 4) is 5.75 Å². The first-order valence-corrected chi connectivity index (χ1v) is 11.9. The van der Waals surface area contributed by atoms with Crippen LogP contribution in [0, 0.1) is 17.8 Å². The number of hydrogen-bond donors (Lipinski definition) is 0. The van der Waals surface area contributed by atoms with Gasteiger partial charge in [-0.05, 0) is 80.9 Å². The van der Waals surface area contributed by atoms with Gasteiger partial charge in [-0.1, -0.05) is 23.9 Å². The molecule has 4 bridgehead atoms. The van der Waals surface area contributed by atoms with Gasteiger partial charge in [0.05, 0.1) is 6.61 Å². The Morgan fingerprint density at radius 3 is 2.38 bits per heavy atom. The lowest BCUT2D eigenvalue weighted by Crippen LogP contribution is -2.49. The van der Waals surface area contributed by atoms with Gasteiger partial charge in [0.2, 0.25) is 0 Å². The second-order valence-electron chi connectivity index (χ2n) is 9.53. The zero-order valence-electron chi connectivity index (χ0n) is 16.8. The Morgan fingerprint density at radius 1 is 1.10 bits per heavy atom. The zero-order valence-corrected chi connectivity index (χ0v) is 17.7. The van der Waals surface area contributed by atoms with Crippen molar-refractivity contribution in [1.29, 1.82) is 0 Å². The Morgan fingerprint density at radius 2 is 1.76 bits per heavy atom. The number of carbonyl (C=O) groups is 1. The van der Waals surface area contributed by atoms with Gasteiger partial charge >= 0.3 is 0 Å². The number of nitrogens with zero attached hydrogens (tertiary/aromatic N) is 3. The maximum absolute atomic E-state index is 12.9. The Balaban J connectivity index is 1.28. The third kappa shape index (κ3) is 2.94. The van der Waals surface area contributed by atoms with Crippen molar-refractivity contribution in [3.05, 3.63) is 35.7 Å². The van der Waals surface area contributed by atoms with E-state index in [0.717, 1.165) is 40.0 Å². The molecule has 7 rings (SSSR count). The number of hydrogen-bond acceptors (Lipinski definition) is 5. The minimum Gasteiger partial charge on any atom is -0.494 e. The molecule has 4 saturated carbocycles. The highest BCUT2D eigenvalue weighted by Crippen LogP contribution is 2.60. The first kappa shape index (κ1) is 18.0. The Bertz CT molecular complexity index is 916. The van der Waals surface area contributed by atoms with E-state index in [9.17, 15) is 4.79 Å². The van der Waals surface area contributed by atoms with Gasteiger partial charge in [0.25, 0.3) is 5.91 Å². The van der Waals surface area contributed by atoms with Crippen molar-refractivity contribution in [1.82, 2.24) is 14.8 Å². The molecule has 4 fully saturated rings. The van der Waals surface area contributed by atoms with Crippen molar-refractivity contribution in [2.24, 2.45) is 17.8 Å². The van der Waals surface area contributed by atoms with Crippen LogP contribution in [0.1, 0.15) is 73.3 Å². The molecule has 1 aromatic heterocycles. The zero-order chi connectivity index (χ0) is 19.6. The summed E-state index contributed by atoms with van der Waals surface area (Å²) in [5, 5.41) is 5.68. The summed E-state index contributed by atoms with van der Waals surface area (Å²) in [5.41, 5.74) is 1.28. The van der Waals surface area contributed by atoms with Gasteiger partial charge < -0.3 is 4.74 Å². The van der Waals surface area contributed by atoms with Gasteiger partial charge in [-0.25, -0.2) is 4.98 Å². The van der Waals surface area contributed by atoms with E-state index < -0.39 is 0 Å². The van der Waals surface area contributed by atoms with E-state index in [2.05, 4.69) is 12.1 Å². The van der Waals surface area contributed by atoms with Gasteiger partial charge in [0.1, 0.15) is 5.75 Å². The van der Waals surface area contributed by atoms with Gasteiger partial charge in [-0.2, -0.15) is 4.68 Å². The number of fused-ring (bicyclic) bond motifs is 1. The second-order valence-corrected chi connectivity index (χ2v) is 10.7. The summed E-state index contributed by atoms with van der Waals surface area (Å²) in [7, 11) is 0. The molecule has 1 unspecified atom stereocenters. The first-order chi connectivity index (χ1) is 14.1. The van der Waals surface area contributed by atoms with E-state index in [-0.39, 0.29) is 16.6 Å². The van der Waals surface area contributed by atoms with Crippen LogP contribution in [0.2, 0.25) is 0 Å². The van der Waals surface area contributed by atoms with Crippen LogP contribution in [0.3, 0.4) is 0 Å². The maximum Gasteiger partial charge on any atom is 0.250 e. The number of aromatic nitrogens is 3. The highest BCUT2D eigenvalue weighted by molar-refractivity contribution is 7.99. The molecule has 0 amide bonds. The SMILES string of the molecule is CCOc1ccc(C2CC(=O)n3nc(C45CC6CC(CC(C6)C4)C5)nc3S2)cc1. The lowest BCUT2D eigenvalue weighted by molar-refractivity contribution is -0.00944. The fraction of sp³-hybridized carbons (Fsp3) is 0.609. The lowest BCUT2D eigenvalue weighted by Gasteiger charge is -2.55. The summed E-state index contributed by atoms with van der Waals surface area (Å²) < 4.78 is 7.15. The molecule has 0 spiro atoms. The molecule has 5 aliphatic rings. The van der Waals surface area contributed by atoms with E-state index in [0.29, 0.717) is 13.0 Å². The van der Waals surface area contributed by atoms with Crippen LogP contribution in [0.25, 0.3) is 0 Å². The summed E-state index contributed by atoms with van der Waals surface area (Å²) in [4.78, 5) is 17.9. The molecule has 4 aliphatic carbocycles. The highest BCUT2D eigenvalue weighted by atomic mass is 32.2. The van der Waals surface area contributed by atoms with Crippen LogP contribution in [0.4, 0.5) is 0 Å². The molecule has 1 aliphatic heterocycles. The average Bonchev–Trinajstić information content (AvgIpc) is 3.14. The van der Waals surface area contributed by atoms with Crippen molar-refractivity contribution in [3.63, 3.8) is 0 Å². The quantitative estimate of drug-likeness (QED) is 0.709. The largest absolute Gasteiger partial charge is 0.494 e. The molecule has 0 saturated heterocycles. The van der Waals surface area contributed by atoms with Crippen molar-refractivity contribution in [2.45, 2.75) is 67.7 Å². The van der Waals surface area contributed by atoms with Gasteiger partial charge in [0, 0.05) is 17.1 Å². The minimum absolute atomic E-state index is 0.0705. The highest BCUT2D eigenvalue weighted by Gasteiger charge is 2.54. The predicted molar refractivity (Wildman–Crippen MR) is 111 cm³/mol. The normalized spacial score (nSPS) is 35.0. The van der Waals surface area contributed by atoms with Gasteiger partial charge in [0.15, 0.2) is 11.0 Å². The van der Waals surface area contributed by atoms with E-state index in [1.54, 1.807) is 16.4 Å². The van der Waals surface area contributed by atoms with Crippen LogP contribution in [0.15, 0.2) is 29.4 Å². The van der Waals surface area contributed by atoms with Crippen LogP contribution in [-0.2, 0) is 5.41 Å². The van der Waals surface area contributed by atoms with E-state index in [1.165, 1.54) is 38.5 Å². The van der Waals surface area contributed by atoms with Crippen molar-refractivity contribution >= 4 is 17.7 Å². The van der Waals surface area contributed by atoms with E-state index in [1.807, 2.05) is 19.1 Å². The lowest BCUT2D eigenvalue weighted by atomic mass is 9.49. The van der Waals surface area contributed by atoms with Crippen LogP contribution < -0.4 is 4.74 Å². The molecule has 1 atom stereocenters. The molecule has 0 radical (unpaired) electrons. The van der Waals surface area contributed by atoms with Crippen molar-refractivity contribution in [2.75, 3.05) is 6.61 Å². The topological polar surface area (TPSA) is 57.0 Å². The molecule has 6 heteroatoms. The van der Waals surface area contributed by atoms with Crippen LogP contribution >= 0.6 is 11.8 Å². The summed E-state index contributed by atoms with van der Waals surface area (Å²) >= 11 is 1.69. The summed E-state index contributed by atoms with van der Waals surface area (Å²) in [6.07, 6.45) is 8.35. The third-order valence-corrected chi connectivity index (χ3v) is 8.70. The molecule has 5 nitrogen and oxygen atoms in total. The Hall–Kier alpha value is -1.82. The summed E-state index contributed by atoms with van der Waals surface area (Å²) in [5.74, 6) is 4.45. The number of thioether (sulfide) groups is 1. The number of rotatable bonds is 4. The summed E-state index contributed by atoms with van der Waals surface area (Å²) in [6.45, 7) is 2.64. The smallest absolute Gasteiger partial charge is 0.250 e. The average molecular weight is 410 g/mol. The molecule has 152 valence electrons. The molecule has 2 aromatic rings. The molecule has 2 heterocycles. The van der Waals surface area contributed by atoms with Crippen LogP contribution in [0.5, 0.6) is 5.75 Å². The molecule has 0 N–H and O–H groups in total. The first-order valence-electron chi connectivity index (χ1n) is 11.0. The minimum atomic E-state index is 0.0705. The fourth-order valence-electron chi connectivity index (χ4n) is 6.69. The second kappa shape index (κ2) is 6.59. The van der Waals surface area contributed by atoms with Crippen molar-refractivity contribution < 1.29 is 9.53 Å². The van der Waals surface area contributed by atoms with E-state index >= 15 is 0 Å². The number of benzene rings is 1. The summed E-state index contributed by atoms with van der Waals surface area (Å²) in [6, 6.07) is 8.12. The molecule has 1 aromatic carbocycles. The maximum atomic E-state index is 12.9. The van der Waals surface area contributed by atoms with E-state index in [4.69, 9.17) is 14.8 Å². The fourth-order valence-corrected chi connectivity index (χ4v) is 7.85. The standard InChI is InChI=1S/C23H27N3O2S/c1-2-28-18-5-3-17(4-6-18)19-10-20(27)26-22(29-19)24-21(25-26)23-11-14-7-15(12-23)9-16(8-14)13-23/h3-6,14-16,19H,2,7-13H2,1H3. The van der Waals surface area contributed by atoms with Gasteiger partial charge in [-0.15, -0.1) is 5.10 Å². The number of carbonyl (C=O) groups excluding carboxylic acids is 1. The van der Waals surface area contributed by atoms with Gasteiger partial charge in [-0.3, -0.25) is 4.79 Å². The Labute approximate surface area is 175 Å². The third-order valence-electron chi connectivity index (χ3n) is 7.50. The van der Waals surface area contributed by atoms with Crippen LogP contribution in [-0.4, -0.2) is 27.3 Å². The molecular formula is C23H27N3O2S.